The molecule has 1 amide bonds. The van der Waals surface area contributed by atoms with E-state index in [9.17, 15) is 4.79 Å². The van der Waals surface area contributed by atoms with Crippen molar-refractivity contribution in [2.45, 2.75) is 98.9 Å². The standard InChI is InChI=1S/C10H13N2O2.3C4H9.Sn/c1-10(2,3)12-9(13)14-8-5-4-6-11-7-8;3*1-3-4-2;/h5-7H,1-3H3,(H,12,13);3*1,3-4H2,2H3;. The number of amides is 1. The number of carbonyl (C=O) groups excluding carboxylic acids is 1. The van der Waals surface area contributed by atoms with Gasteiger partial charge in [0.05, 0.1) is 0 Å². The molecule has 0 fully saturated rings. The molecule has 0 aromatic carbocycles. The van der Waals surface area contributed by atoms with E-state index >= 15 is 0 Å². The summed E-state index contributed by atoms with van der Waals surface area (Å²) in [6.45, 7) is 12.7. The van der Waals surface area contributed by atoms with Crippen LogP contribution in [-0.2, 0) is 0 Å². The molecule has 0 radical (unpaired) electrons. The normalized spacial score (nSPS) is 12.1. The van der Waals surface area contributed by atoms with E-state index in [1.54, 1.807) is 6.20 Å². The molecular formula is C22H40N2O2Sn. The average molecular weight is 483 g/mol. The van der Waals surface area contributed by atoms with Crippen LogP contribution >= 0.6 is 0 Å². The molecule has 1 aromatic rings. The average Bonchev–Trinajstić information content (AvgIpc) is 2.60. The van der Waals surface area contributed by atoms with E-state index in [1.165, 1.54) is 55.4 Å². The van der Waals surface area contributed by atoms with Crippen LogP contribution in [0.3, 0.4) is 0 Å². The fraction of sp³-hybridized carbons (Fsp3) is 0.727. The van der Waals surface area contributed by atoms with Gasteiger partial charge in [0, 0.05) is 0 Å². The van der Waals surface area contributed by atoms with E-state index in [0.29, 0.717) is 5.75 Å². The zero-order valence-corrected chi connectivity index (χ0v) is 21.2. The molecule has 1 rings (SSSR count). The van der Waals surface area contributed by atoms with Crippen molar-refractivity contribution >= 4 is 28.0 Å². The van der Waals surface area contributed by atoms with Gasteiger partial charge in [0.25, 0.3) is 0 Å². The Kier molecular flexibility index (Phi) is 10.7. The molecule has 27 heavy (non-hydrogen) atoms. The van der Waals surface area contributed by atoms with Gasteiger partial charge in [0.2, 0.25) is 0 Å². The number of carbonyl (C=O) groups is 1. The van der Waals surface area contributed by atoms with Crippen molar-refractivity contribution in [3.05, 3.63) is 18.5 Å². The summed E-state index contributed by atoms with van der Waals surface area (Å²) in [6, 6.07) is 2.13. The molecule has 154 valence electrons. The second-order valence-corrected chi connectivity index (χ2v) is 22.0. The SMILES string of the molecule is CCC[CH2][Sn]([CH2]CCC)([CH2]CCC)[c]1cncc(OC(=O)NC(C)(C)C)c1. The first-order valence-electron chi connectivity index (χ1n) is 10.7. The zero-order chi connectivity index (χ0) is 20.3. The third kappa shape index (κ3) is 8.84. The second-order valence-electron chi connectivity index (χ2n) is 8.76. The van der Waals surface area contributed by atoms with Crippen molar-refractivity contribution in [3.63, 3.8) is 0 Å². The molecule has 1 N–H and O–H groups in total. The van der Waals surface area contributed by atoms with Crippen LogP contribution in [0.2, 0.25) is 13.3 Å². The van der Waals surface area contributed by atoms with Crippen molar-refractivity contribution in [2.75, 3.05) is 0 Å². The van der Waals surface area contributed by atoms with E-state index in [-0.39, 0.29) is 5.54 Å². The predicted molar refractivity (Wildman–Crippen MR) is 118 cm³/mol. The van der Waals surface area contributed by atoms with Gasteiger partial charge < -0.3 is 0 Å². The van der Waals surface area contributed by atoms with E-state index in [0.717, 1.165) is 0 Å². The van der Waals surface area contributed by atoms with Gasteiger partial charge in [-0.25, -0.2) is 0 Å². The molecule has 0 saturated heterocycles. The first-order valence-corrected chi connectivity index (χ1v) is 18.2. The van der Waals surface area contributed by atoms with Gasteiger partial charge in [-0.1, -0.05) is 0 Å². The fourth-order valence-corrected chi connectivity index (χ4v) is 19.3. The predicted octanol–water partition coefficient (Wildman–Crippen LogP) is 6.02. The Bertz CT molecular complexity index is 548. The van der Waals surface area contributed by atoms with Crippen LogP contribution in [0.1, 0.15) is 80.1 Å². The number of nitrogens with one attached hydrogen (secondary N) is 1. The maximum absolute atomic E-state index is 12.2. The number of nitrogens with zero attached hydrogens (tertiary/aromatic N) is 1. The summed E-state index contributed by atoms with van der Waals surface area (Å²) in [4.78, 5) is 16.6. The summed E-state index contributed by atoms with van der Waals surface area (Å²) in [7, 11) is 0. The van der Waals surface area contributed by atoms with Crippen LogP contribution in [0, 0.1) is 0 Å². The molecule has 1 aromatic heterocycles. The van der Waals surface area contributed by atoms with Crippen molar-refractivity contribution < 1.29 is 9.53 Å². The third-order valence-corrected chi connectivity index (χ3v) is 20.5. The van der Waals surface area contributed by atoms with E-state index in [1.807, 2.05) is 20.8 Å². The van der Waals surface area contributed by atoms with Crippen molar-refractivity contribution in [1.82, 2.24) is 10.3 Å². The van der Waals surface area contributed by atoms with Gasteiger partial charge in [-0.2, -0.15) is 0 Å². The number of unbranched alkanes of at least 4 members (excludes halogenated alkanes) is 3. The van der Waals surface area contributed by atoms with Crippen LogP contribution in [0.5, 0.6) is 5.75 Å². The van der Waals surface area contributed by atoms with Crippen LogP contribution in [-0.4, -0.2) is 35.0 Å². The van der Waals surface area contributed by atoms with Gasteiger partial charge >= 0.3 is 171 Å². The minimum atomic E-state index is -2.55. The Balaban J connectivity index is 3.10. The number of hydrogen-bond acceptors (Lipinski definition) is 3. The van der Waals surface area contributed by atoms with Crippen molar-refractivity contribution in [3.8, 4) is 5.75 Å². The van der Waals surface area contributed by atoms with Gasteiger partial charge in [0.1, 0.15) is 0 Å². The molecule has 0 unspecified atom stereocenters. The summed E-state index contributed by atoms with van der Waals surface area (Å²) < 4.78 is 11.1. The summed E-state index contributed by atoms with van der Waals surface area (Å²) >= 11 is -2.55. The summed E-state index contributed by atoms with van der Waals surface area (Å²) in [5.74, 6) is 0.583. The van der Waals surface area contributed by atoms with Crippen LogP contribution in [0.25, 0.3) is 0 Å². The Morgan fingerprint density at radius 2 is 1.52 bits per heavy atom. The molecule has 0 spiro atoms. The molecular weight excluding hydrogens is 443 g/mol. The topological polar surface area (TPSA) is 51.2 Å². The van der Waals surface area contributed by atoms with Gasteiger partial charge in [-0.05, 0) is 0 Å². The van der Waals surface area contributed by atoms with Crippen LogP contribution in [0.15, 0.2) is 18.5 Å². The molecule has 0 saturated carbocycles. The van der Waals surface area contributed by atoms with E-state index in [4.69, 9.17) is 4.74 Å². The zero-order valence-electron chi connectivity index (χ0n) is 18.4. The summed E-state index contributed by atoms with van der Waals surface area (Å²) in [5.41, 5.74) is -0.311. The van der Waals surface area contributed by atoms with E-state index < -0.39 is 24.5 Å². The number of ether oxygens (including phenoxy) is 1. The van der Waals surface area contributed by atoms with Crippen molar-refractivity contribution in [1.29, 1.82) is 0 Å². The Labute approximate surface area is 170 Å². The van der Waals surface area contributed by atoms with Gasteiger partial charge in [-0.15, -0.1) is 0 Å². The molecule has 0 bridgehead atoms. The number of aromatic nitrogens is 1. The molecule has 1 heterocycles. The molecule has 0 aliphatic carbocycles. The summed E-state index contributed by atoms with van der Waals surface area (Å²) in [6.07, 6.45) is 11.0. The molecule has 0 aliphatic rings. The van der Waals surface area contributed by atoms with Crippen LogP contribution < -0.4 is 13.6 Å². The first-order chi connectivity index (χ1) is 12.8. The summed E-state index contributed by atoms with van der Waals surface area (Å²) in [5, 5.41) is 2.86. The van der Waals surface area contributed by atoms with E-state index in [2.05, 4.69) is 43.3 Å². The molecule has 0 aliphatic heterocycles. The molecule has 5 heteroatoms. The Morgan fingerprint density at radius 3 is 1.96 bits per heavy atom. The minimum absolute atomic E-state index is 0.311. The number of rotatable bonds is 11. The Hall–Kier alpha value is -0.781. The molecule has 4 nitrogen and oxygen atoms in total. The second kappa shape index (κ2) is 11.9. The van der Waals surface area contributed by atoms with Crippen molar-refractivity contribution in [2.24, 2.45) is 0 Å². The third-order valence-electron chi connectivity index (χ3n) is 5.04. The quantitative estimate of drug-likeness (QED) is 0.392. The first kappa shape index (κ1) is 24.3. The number of hydrogen-bond donors (Lipinski definition) is 1. The fourth-order valence-electron chi connectivity index (χ4n) is 3.56. The number of pyridine rings is 1. The monoisotopic (exact) mass is 484 g/mol. The van der Waals surface area contributed by atoms with Gasteiger partial charge in [-0.3, -0.25) is 0 Å². The maximum atomic E-state index is 12.2. The molecule has 0 atom stereocenters. The van der Waals surface area contributed by atoms with Crippen LogP contribution in [0.4, 0.5) is 4.79 Å². The van der Waals surface area contributed by atoms with Gasteiger partial charge in [0.15, 0.2) is 0 Å². The Morgan fingerprint density at radius 1 is 1.00 bits per heavy atom.